The first-order chi connectivity index (χ1) is 24.8. The molecule has 0 fully saturated rings. The molecular weight excluding hydrogens is 611 g/mol. The molecule has 0 atom stereocenters. The van der Waals surface area contributed by atoms with Crippen molar-refractivity contribution in [1.82, 2.24) is 24.9 Å². The summed E-state index contributed by atoms with van der Waals surface area (Å²) in [6.07, 6.45) is 3.72. The highest BCUT2D eigenvalue weighted by Crippen LogP contribution is 2.33. The molecular formula is C45H29N5. The maximum Gasteiger partial charge on any atom is 0.164 e. The van der Waals surface area contributed by atoms with E-state index in [-0.39, 0.29) is 0 Å². The van der Waals surface area contributed by atoms with Gasteiger partial charge in [0.05, 0.1) is 11.4 Å². The van der Waals surface area contributed by atoms with Gasteiger partial charge in [0.2, 0.25) is 0 Å². The molecule has 234 valence electrons. The van der Waals surface area contributed by atoms with Crippen LogP contribution in [0, 0.1) is 0 Å². The largest absolute Gasteiger partial charge is 0.256 e. The molecule has 3 aromatic heterocycles. The van der Waals surface area contributed by atoms with E-state index in [1.165, 1.54) is 0 Å². The van der Waals surface area contributed by atoms with Gasteiger partial charge < -0.3 is 0 Å². The predicted octanol–water partition coefficient (Wildman–Crippen LogP) is 11.0. The van der Waals surface area contributed by atoms with E-state index in [1.54, 1.807) is 0 Å². The van der Waals surface area contributed by atoms with Crippen LogP contribution in [-0.4, -0.2) is 24.9 Å². The number of pyridine rings is 2. The Morgan fingerprint density at radius 2 is 0.680 bits per heavy atom. The molecule has 0 aliphatic carbocycles. The lowest BCUT2D eigenvalue weighted by atomic mass is 10.0. The van der Waals surface area contributed by atoms with E-state index in [0.29, 0.717) is 17.5 Å². The van der Waals surface area contributed by atoms with Crippen molar-refractivity contribution < 1.29 is 0 Å². The topological polar surface area (TPSA) is 64.5 Å². The van der Waals surface area contributed by atoms with Crippen LogP contribution < -0.4 is 0 Å². The number of benzene rings is 6. The van der Waals surface area contributed by atoms with Gasteiger partial charge in [0.15, 0.2) is 17.5 Å². The van der Waals surface area contributed by atoms with Crippen molar-refractivity contribution >= 4 is 21.5 Å². The predicted molar refractivity (Wildman–Crippen MR) is 203 cm³/mol. The molecule has 0 spiro atoms. The van der Waals surface area contributed by atoms with Crippen LogP contribution in [-0.2, 0) is 0 Å². The maximum absolute atomic E-state index is 5.10. The molecule has 0 saturated heterocycles. The number of rotatable bonds is 6. The lowest BCUT2D eigenvalue weighted by Crippen LogP contribution is -2.00. The Morgan fingerprint density at radius 1 is 0.280 bits per heavy atom. The highest BCUT2D eigenvalue weighted by atomic mass is 15.0. The number of hydrogen-bond acceptors (Lipinski definition) is 5. The first-order valence-corrected chi connectivity index (χ1v) is 16.6. The summed E-state index contributed by atoms with van der Waals surface area (Å²) in [4.78, 5) is 24.8. The Hall–Kier alpha value is -6.85. The molecule has 50 heavy (non-hydrogen) atoms. The van der Waals surface area contributed by atoms with E-state index >= 15 is 0 Å². The molecule has 9 aromatic rings. The van der Waals surface area contributed by atoms with Crippen LogP contribution in [0.25, 0.3) is 89.4 Å². The fraction of sp³-hybridized carbons (Fsp3) is 0. The van der Waals surface area contributed by atoms with Gasteiger partial charge in [-0.3, -0.25) is 9.97 Å². The van der Waals surface area contributed by atoms with Crippen LogP contribution in [0.5, 0.6) is 0 Å². The molecule has 0 aliphatic rings. The third-order valence-corrected chi connectivity index (χ3v) is 9.02. The molecule has 6 aromatic carbocycles. The van der Waals surface area contributed by atoms with Crippen LogP contribution in [0.4, 0.5) is 0 Å². The Bertz CT molecular complexity index is 2500. The van der Waals surface area contributed by atoms with Crippen molar-refractivity contribution in [3.05, 3.63) is 176 Å². The molecule has 0 bridgehead atoms. The van der Waals surface area contributed by atoms with E-state index in [2.05, 4.69) is 97.1 Å². The summed E-state index contributed by atoms with van der Waals surface area (Å²) in [5.74, 6) is 1.79. The van der Waals surface area contributed by atoms with E-state index < -0.39 is 0 Å². The van der Waals surface area contributed by atoms with E-state index in [9.17, 15) is 0 Å². The molecule has 0 unspecified atom stereocenters. The second-order valence-corrected chi connectivity index (χ2v) is 12.2. The third-order valence-electron chi connectivity index (χ3n) is 9.02. The van der Waals surface area contributed by atoms with Crippen molar-refractivity contribution in [2.45, 2.75) is 0 Å². The van der Waals surface area contributed by atoms with E-state index in [4.69, 9.17) is 24.9 Å². The molecule has 0 amide bonds. The highest BCUT2D eigenvalue weighted by molar-refractivity contribution is 5.96. The zero-order valence-electron chi connectivity index (χ0n) is 27.0. The minimum absolute atomic E-state index is 0.591. The monoisotopic (exact) mass is 639 g/mol. The molecule has 0 radical (unpaired) electrons. The second kappa shape index (κ2) is 12.6. The first kappa shape index (κ1) is 29.3. The summed E-state index contributed by atoms with van der Waals surface area (Å²) >= 11 is 0. The highest BCUT2D eigenvalue weighted by Gasteiger charge is 2.15. The Kier molecular flexibility index (Phi) is 7.41. The second-order valence-electron chi connectivity index (χ2n) is 12.2. The molecule has 0 aliphatic heterocycles. The van der Waals surface area contributed by atoms with Gasteiger partial charge in [-0.25, -0.2) is 15.0 Å². The summed E-state index contributed by atoms with van der Waals surface area (Å²) in [6.45, 7) is 0. The normalized spacial score (nSPS) is 11.2. The van der Waals surface area contributed by atoms with Crippen molar-refractivity contribution in [3.63, 3.8) is 0 Å². The summed E-state index contributed by atoms with van der Waals surface area (Å²) in [5.41, 5.74) is 8.82. The number of hydrogen-bond donors (Lipinski definition) is 0. The molecule has 0 saturated carbocycles. The summed E-state index contributed by atoms with van der Waals surface area (Å²) in [7, 11) is 0. The van der Waals surface area contributed by atoms with Gasteiger partial charge in [-0.2, -0.15) is 0 Å². The summed E-state index contributed by atoms with van der Waals surface area (Å²) < 4.78 is 0. The number of fused-ring (bicyclic) bond motifs is 2. The average molecular weight is 640 g/mol. The third kappa shape index (κ3) is 5.57. The SMILES string of the molecule is c1ccc(-c2ccc(-c3nc(-c4cccc(-c5nccc6ccccc56)c4)nc(-c4cccc(-c5nccc6ccccc56)c4)n3)cc2)cc1. The lowest BCUT2D eigenvalue weighted by Gasteiger charge is -2.12. The number of aromatic nitrogens is 5. The minimum atomic E-state index is 0.591. The molecule has 0 N–H and O–H groups in total. The van der Waals surface area contributed by atoms with Gasteiger partial charge in [0.1, 0.15) is 0 Å². The van der Waals surface area contributed by atoms with Crippen LogP contribution >= 0.6 is 0 Å². The van der Waals surface area contributed by atoms with Gasteiger partial charge in [-0.15, -0.1) is 0 Å². The first-order valence-electron chi connectivity index (χ1n) is 16.6. The zero-order chi connectivity index (χ0) is 33.3. The van der Waals surface area contributed by atoms with E-state index in [0.717, 1.165) is 71.9 Å². The van der Waals surface area contributed by atoms with Gasteiger partial charge in [0.25, 0.3) is 0 Å². The van der Waals surface area contributed by atoms with Crippen LogP contribution in [0.2, 0.25) is 0 Å². The smallest absolute Gasteiger partial charge is 0.164 e. The Balaban J connectivity index is 1.19. The van der Waals surface area contributed by atoms with Gasteiger partial charge in [-0.1, -0.05) is 140 Å². The summed E-state index contributed by atoms with van der Waals surface area (Å²) in [6, 6.07) is 56.1. The van der Waals surface area contributed by atoms with Crippen LogP contribution in [0.3, 0.4) is 0 Å². The van der Waals surface area contributed by atoms with Crippen LogP contribution in [0.1, 0.15) is 0 Å². The average Bonchev–Trinajstić information content (AvgIpc) is 3.21. The maximum atomic E-state index is 5.10. The Morgan fingerprint density at radius 3 is 1.22 bits per heavy atom. The molecule has 5 heteroatoms. The van der Waals surface area contributed by atoms with Gasteiger partial charge >= 0.3 is 0 Å². The molecule has 5 nitrogen and oxygen atoms in total. The van der Waals surface area contributed by atoms with Gasteiger partial charge in [-0.05, 0) is 46.2 Å². The lowest BCUT2D eigenvalue weighted by molar-refractivity contribution is 1.07. The minimum Gasteiger partial charge on any atom is -0.256 e. The standard InChI is InChI=1S/C45H29N5/c1-2-10-30(11-3-1)31-20-22-34(23-21-31)43-48-44(37-16-8-14-35(28-37)41-39-18-6-4-12-32(39)24-26-46-41)50-45(49-43)38-17-9-15-36(29-38)42-40-19-7-5-13-33(40)25-27-47-42/h1-29H. The fourth-order valence-electron chi connectivity index (χ4n) is 6.52. The summed E-state index contributed by atoms with van der Waals surface area (Å²) in [5, 5.41) is 4.49. The van der Waals surface area contributed by atoms with Crippen molar-refractivity contribution in [2.75, 3.05) is 0 Å². The van der Waals surface area contributed by atoms with Crippen LogP contribution in [0.15, 0.2) is 176 Å². The van der Waals surface area contributed by atoms with E-state index in [1.807, 2.05) is 79.1 Å². The molecule has 9 rings (SSSR count). The molecule has 3 heterocycles. The van der Waals surface area contributed by atoms with Crippen molar-refractivity contribution in [3.8, 4) is 67.8 Å². The van der Waals surface area contributed by atoms with Crippen molar-refractivity contribution in [2.24, 2.45) is 0 Å². The number of nitrogens with zero attached hydrogens (tertiary/aromatic N) is 5. The zero-order valence-corrected chi connectivity index (χ0v) is 27.0. The van der Waals surface area contributed by atoms with Crippen molar-refractivity contribution in [1.29, 1.82) is 0 Å². The quantitative estimate of drug-likeness (QED) is 0.181. The fourth-order valence-corrected chi connectivity index (χ4v) is 6.52. The Labute approximate surface area is 289 Å². The van der Waals surface area contributed by atoms with Gasteiger partial charge in [0, 0.05) is 51.0 Å².